The largest absolute Gasteiger partial charge is 0.493 e. The lowest BCUT2D eigenvalue weighted by Gasteiger charge is -2.29. The van der Waals surface area contributed by atoms with Crippen molar-refractivity contribution < 1.29 is 32.2 Å². The molecule has 7 heteroatoms. The van der Waals surface area contributed by atoms with E-state index < -0.39 is 12.1 Å². The van der Waals surface area contributed by atoms with E-state index in [4.69, 9.17) is 14.2 Å². The number of alkyl halides is 3. The maximum Gasteiger partial charge on any atom is 0.391 e. The number of benzene rings is 1. The fourth-order valence-corrected chi connectivity index (χ4v) is 3.36. The summed E-state index contributed by atoms with van der Waals surface area (Å²) in [5.74, 6) is -0.703. The third-order valence-corrected chi connectivity index (χ3v) is 4.99. The van der Waals surface area contributed by atoms with Gasteiger partial charge in [0.1, 0.15) is 5.75 Å². The molecule has 1 atom stereocenters. The molecular weight excluding hydrogens is 361 g/mol. The molecule has 152 valence electrons. The highest BCUT2D eigenvalue weighted by atomic mass is 19.4. The first-order valence-electron chi connectivity index (χ1n) is 9.31. The second kappa shape index (κ2) is 9.97. The lowest BCUT2D eigenvalue weighted by molar-refractivity contribution is -0.184. The van der Waals surface area contributed by atoms with Crippen molar-refractivity contribution in [2.45, 2.75) is 51.3 Å². The minimum atomic E-state index is -4.08. The zero-order valence-electron chi connectivity index (χ0n) is 15.8. The molecule has 0 saturated heterocycles. The Morgan fingerprint density at radius 2 is 1.78 bits per heavy atom. The fraction of sp³-hybridized carbons (Fsp3) is 0.650. The second-order valence-electron chi connectivity index (χ2n) is 6.86. The molecular formula is C20H27F3O4. The standard InChI is InChI=1S/C20H27F3O4/c1-3-26-18(12-19(24)25-2)15-6-10-17(11-7-15)27-13-14-4-8-16(9-5-14)20(21,22)23/h6-7,10-11,14,16,18H,3-5,8-9,12-13H2,1-2H3/t14?,16?,18-/m0/s1. The van der Waals surface area contributed by atoms with Crippen LogP contribution in [0.5, 0.6) is 5.75 Å². The first-order chi connectivity index (χ1) is 12.8. The number of carbonyl (C=O) groups is 1. The van der Waals surface area contributed by atoms with Crippen molar-refractivity contribution in [3.63, 3.8) is 0 Å². The Morgan fingerprint density at radius 1 is 1.15 bits per heavy atom. The molecule has 1 aromatic carbocycles. The van der Waals surface area contributed by atoms with Crippen LogP contribution in [-0.4, -0.2) is 32.5 Å². The number of carbonyl (C=O) groups excluding carboxylic acids is 1. The van der Waals surface area contributed by atoms with Crippen molar-refractivity contribution in [1.29, 1.82) is 0 Å². The number of hydrogen-bond acceptors (Lipinski definition) is 4. The van der Waals surface area contributed by atoms with Gasteiger partial charge in [-0.1, -0.05) is 12.1 Å². The van der Waals surface area contributed by atoms with Crippen LogP contribution in [0.25, 0.3) is 0 Å². The van der Waals surface area contributed by atoms with Crippen LogP contribution in [0, 0.1) is 11.8 Å². The van der Waals surface area contributed by atoms with E-state index in [0.29, 0.717) is 31.8 Å². The topological polar surface area (TPSA) is 44.8 Å². The minimum absolute atomic E-state index is 0.132. The van der Waals surface area contributed by atoms with Gasteiger partial charge in [-0.2, -0.15) is 13.2 Å². The molecule has 0 aromatic heterocycles. The highest BCUT2D eigenvalue weighted by Gasteiger charge is 2.41. The third-order valence-electron chi connectivity index (χ3n) is 4.99. The van der Waals surface area contributed by atoms with Gasteiger partial charge in [0.05, 0.1) is 32.2 Å². The van der Waals surface area contributed by atoms with Crippen LogP contribution in [0.2, 0.25) is 0 Å². The molecule has 1 aromatic rings. The number of hydrogen-bond donors (Lipinski definition) is 0. The average molecular weight is 388 g/mol. The summed E-state index contributed by atoms with van der Waals surface area (Å²) < 4.78 is 54.2. The van der Waals surface area contributed by atoms with Crippen LogP contribution in [0.4, 0.5) is 13.2 Å². The number of rotatable bonds is 8. The molecule has 1 aliphatic rings. The van der Waals surface area contributed by atoms with E-state index >= 15 is 0 Å². The molecule has 1 fully saturated rings. The number of ether oxygens (including phenoxy) is 3. The number of halogens is 3. The monoisotopic (exact) mass is 388 g/mol. The van der Waals surface area contributed by atoms with Crippen molar-refractivity contribution >= 4 is 5.97 Å². The minimum Gasteiger partial charge on any atom is -0.493 e. The molecule has 1 aliphatic carbocycles. The van der Waals surface area contributed by atoms with Gasteiger partial charge in [0, 0.05) is 6.61 Å². The normalized spacial score (nSPS) is 21.5. The molecule has 27 heavy (non-hydrogen) atoms. The lowest BCUT2D eigenvalue weighted by atomic mass is 9.82. The predicted octanol–water partition coefficient (Wildman–Crippen LogP) is 5.07. The molecule has 0 amide bonds. The van der Waals surface area contributed by atoms with E-state index in [1.165, 1.54) is 7.11 Å². The van der Waals surface area contributed by atoms with E-state index in [-0.39, 0.29) is 37.3 Å². The first kappa shape index (κ1) is 21.5. The maximum absolute atomic E-state index is 12.7. The molecule has 0 N–H and O–H groups in total. The van der Waals surface area contributed by atoms with Crippen molar-refractivity contribution in [2.24, 2.45) is 11.8 Å². The summed E-state index contributed by atoms with van der Waals surface area (Å²) in [6, 6.07) is 7.25. The van der Waals surface area contributed by atoms with E-state index in [2.05, 4.69) is 0 Å². The Labute approximate surface area is 158 Å². The summed E-state index contributed by atoms with van der Waals surface area (Å²) in [7, 11) is 1.34. The van der Waals surface area contributed by atoms with Crippen LogP contribution < -0.4 is 4.74 Å². The molecule has 0 aliphatic heterocycles. The van der Waals surface area contributed by atoms with Gasteiger partial charge >= 0.3 is 12.1 Å². The van der Waals surface area contributed by atoms with E-state index in [1.54, 1.807) is 12.1 Å². The van der Waals surface area contributed by atoms with Crippen LogP contribution in [-0.2, 0) is 14.3 Å². The molecule has 0 radical (unpaired) electrons. The van der Waals surface area contributed by atoms with E-state index in [1.807, 2.05) is 19.1 Å². The summed E-state index contributed by atoms with van der Waals surface area (Å²) in [6.07, 6.45) is -2.90. The van der Waals surface area contributed by atoms with Gasteiger partial charge in [-0.3, -0.25) is 4.79 Å². The van der Waals surface area contributed by atoms with Crippen LogP contribution >= 0.6 is 0 Å². The summed E-state index contributed by atoms with van der Waals surface area (Å²) >= 11 is 0. The molecule has 0 bridgehead atoms. The zero-order valence-corrected chi connectivity index (χ0v) is 15.8. The molecule has 4 nitrogen and oxygen atoms in total. The Bertz CT molecular complexity index is 578. The highest BCUT2D eigenvalue weighted by molar-refractivity contribution is 5.70. The summed E-state index contributed by atoms with van der Waals surface area (Å²) in [5.41, 5.74) is 0.847. The predicted molar refractivity (Wildman–Crippen MR) is 94.4 cm³/mol. The third kappa shape index (κ3) is 6.72. The summed E-state index contributed by atoms with van der Waals surface area (Å²) in [5, 5.41) is 0. The quantitative estimate of drug-likeness (QED) is 0.583. The van der Waals surface area contributed by atoms with Crippen molar-refractivity contribution in [2.75, 3.05) is 20.3 Å². The van der Waals surface area contributed by atoms with E-state index in [0.717, 1.165) is 5.56 Å². The Kier molecular flexibility index (Phi) is 7.95. The SMILES string of the molecule is CCO[C@@H](CC(=O)OC)c1ccc(OCC2CCC(C(F)(F)F)CC2)cc1. The average Bonchev–Trinajstić information content (AvgIpc) is 2.66. The molecule has 0 spiro atoms. The second-order valence-corrected chi connectivity index (χ2v) is 6.86. The lowest BCUT2D eigenvalue weighted by Crippen LogP contribution is -2.29. The molecule has 0 unspecified atom stereocenters. The van der Waals surface area contributed by atoms with Gasteiger partial charge in [0.15, 0.2) is 0 Å². The zero-order chi connectivity index (χ0) is 19.9. The van der Waals surface area contributed by atoms with Crippen LogP contribution in [0.3, 0.4) is 0 Å². The van der Waals surface area contributed by atoms with Crippen LogP contribution in [0.1, 0.15) is 50.7 Å². The molecule has 2 rings (SSSR count). The molecule has 1 saturated carbocycles. The van der Waals surface area contributed by atoms with Gasteiger partial charge in [0.25, 0.3) is 0 Å². The van der Waals surface area contributed by atoms with Gasteiger partial charge in [-0.05, 0) is 56.2 Å². The van der Waals surface area contributed by atoms with Gasteiger partial charge < -0.3 is 14.2 Å². The smallest absolute Gasteiger partial charge is 0.391 e. The number of methoxy groups -OCH3 is 1. The fourth-order valence-electron chi connectivity index (χ4n) is 3.36. The Balaban J connectivity index is 1.84. The maximum atomic E-state index is 12.7. The Hall–Kier alpha value is -1.76. The first-order valence-corrected chi connectivity index (χ1v) is 9.31. The highest BCUT2D eigenvalue weighted by Crippen LogP contribution is 2.39. The summed E-state index contributed by atoms with van der Waals surface area (Å²) in [4.78, 5) is 11.5. The number of esters is 1. The van der Waals surface area contributed by atoms with Crippen molar-refractivity contribution in [1.82, 2.24) is 0 Å². The summed E-state index contributed by atoms with van der Waals surface area (Å²) in [6.45, 7) is 2.75. The Morgan fingerprint density at radius 3 is 2.30 bits per heavy atom. The van der Waals surface area contributed by atoms with Gasteiger partial charge in [-0.25, -0.2) is 0 Å². The van der Waals surface area contributed by atoms with Gasteiger partial charge in [0.2, 0.25) is 0 Å². The van der Waals surface area contributed by atoms with Crippen molar-refractivity contribution in [3.05, 3.63) is 29.8 Å². The van der Waals surface area contributed by atoms with Crippen LogP contribution in [0.15, 0.2) is 24.3 Å². The van der Waals surface area contributed by atoms with Crippen molar-refractivity contribution in [3.8, 4) is 5.75 Å². The van der Waals surface area contributed by atoms with E-state index in [9.17, 15) is 18.0 Å². The van der Waals surface area contributed by atoms with Gasteiger partial charge in [-0.15, -0.1) is 0 Å². The molecule has 0 heterocycles.